The van der Waals surface area contributed by atoms with E-state index in [0.29, 0.717) is 23.1 Å². The number of carbonyl (C=O) groups excluding carboxylic acids is 1. The maximum atomic E-state index is 12.8. The lowest BCUT2D eigenvalue weighted by Crippen LogP contribution is -2.27. The molecule has 1 aromatic carbocycles. The Balaban J connectivity index is 1.88. The second kappa shape index (κ2) is 7.08. The van der Waals surface area contributed by atoms with Crippen molar-refractivity contribution in [2.75, 3.05) is 17.7 Å². The Hall–Kier alpha value is -3.29. The van der Waals surface area contributed by atoms with Crippen LogP contribution in [0.4, 0.5) is 11.5 Å². The first-order valence-electron chi connectivity index (χ1n) is 7.70. The number of nitrogens with one attached hydrogen (secondary N) is 2. The highest BCUT2D eigenvalue weighted by Gasteiger charge is 2.24. The molecule has 130 valence electrons. The summed E-state index contributed by atoms with van der Waals surface area (Å²) in [4.78, 5) is 12.8. The van der Waals surface area contributed by atoms with Gasteiger partial charge in [-0.05, 0) is 12.5 Å². The molecule has 3 rings (SSSR count). The van der Waals surface area contributed by atoms with E-state index in [0.717, 1.165) is 5.56 Å². The van der Waals surface area contributed by atoms with Gasteiger partial charge in [0.2, 0.25) is 0 Å². The van der Waals surface area contributed by atoms with Gasteiger partial charge in [-0.2, -0.15) is 0 Å². The van der Waals surface area contributed by atoms with Crippen LogP contribution in [0.3, 0.4) is 0 Å². The third-order valence-corrected chi connectivity index (χ3v) is 3.56. The molecule has 0 aliphatic carbocycles. The van der Waals surface area contributed by atoms with E-state index < -0.39 is 6.04 Å². The summed E-state index contributed by atoms with van der Waals surface area (Å²) in [6, 6.07) is 10.4. The number of amides is 1. The number of ether oxygens (including phenoxy) is 1. The third kappa shape index (κ3) is 3.79. The maximum absolute atomic E-state index is 12.8. The van der Waals surface area contributed by atoms with Gasteiger partial charge in [-0.15, -0.1) is 5.10 Å². The second-order valence-electron chi connectivity index (χ2n) is 5.53. The number of carbonyl (C=O) groups is 1. The van der Waals surface area contributed by atoms with Crippen LogP contribution in [0, 0.1) is 6.92 Å². The van der Waals surface area contributed by atoms with Crippen LogP contribution < -0.4 is 15.4 Å². The highest BCUT2D eigenvalue weighted by Crippen LogP contribution is 2.27. The molecule has 2 heterocycles. The van der Waals surface area contributed by atoms with Crippen molar-refractivity contribution in [3.8, 4) is 5.88 Å². The number of hydrogen-bond acceptors (Lipinski definition) is 6. The normalized spacial score (nSPS) is 11.8. The minimum absolute atomic E-state index is 0.273. The predicted molar refractivity (Wildman–Crippen MR) is 92.4 cm³/mol. The van der Waals surface area contributed by atoms with Crippen molar-refractivity contribution in [3.05, 3.63) is 53.9 Å². The number of rotatable bonds is 6. The van der Waals surface area contributed by atoms with E-state index in [1.165, 1.54) is 7.11 Å². The molecule has 0 saturated heterocycles. The van der Waals surface area contributed by atoms with Gasteiger partial charge in [0.1, 0.15) is 17.5 Å². The van der Waals surface area contributed by atoms with Gasteiger partial charge < -0.3 is 19.9 Å². The van der Waals surface area contributed by atoms with Crippen molar-refractivity contribution in [3.63, 3.8) is 0 Å². The average molecular weight is 341 g/mol. The van der Waals surface area contributed by atoms with E-state index in [4.69, 9.17) is 9.26 Å². The lowest BCUT2D eigenvalue weighted by atomic mass is 10.1. The van der Waals surface area contributed by atoms with E-state index in [1.807, 2.05) is 30.3 Å². The molecular formula is C17H19N5O3. The van der Waals surface area contributed by atoms with Crippen LogP contribution in [-0.2, 0) is 11.8 Å². The summed E-state index contributed by atoms with van der Waals surface area (Å²) in [7, 11) is 3.31. The molecule has 0 fully saturated rings. The molecule has 1 atom stereocenters. The Morgan fingerprint density at radius 3 is 2.72 bits per heavy atom. The molecule has 0 radical (unpaired) electrons. The number of aromatic nitrogens is 3. The first-order valence-corrected chi connectivity index (χ1v) is 7.70. The summed E-state index contributed by atoms with van der Waals surface area (Å²) in [5.41, 5.74) is 1.41. The molecule has 8 nitrogen and oxygen atoms in total. The molecule has 25 heavy (non-hydrogen) atoms. The van der Waals surface area contributed by atoms with E-state index in [2.05, 4.69) is 20.9 Å². The summed E-state index contributed by atoms with van der Waals surface area (Å²) in [5, 5.41) is 13.9. The molecule has 2 aromatic heterocycles. The monoisotopic (exact) mass is 341 g/mol. The smallest absolute Gasteiger partial charge is 0.256 e. The average Bonchev–Trinajstić information content (AvgIpc) is 3.18. The molecule has 0 aliphatic heterocycles. The molecule has 0 spiro atoms. The van der Waals surface area contributed by atoms with E-state index in [-0.39, 0.29) is 5.91 Å². The Labute approximate surface area is 144 Å². The number of hydrogen-bond donors (Lipinski definition) is 2. The molecule has 0 bridgehead atoms. The summed E-state index contributed by atoms with van der Waals surface area (Å²) in [6.45, 7) is 1.76. The summed E-state index contributed by atoms with van der Waals surface area (Å²) >= 11 is 0. The number of aryl methyl sites for hydroxylation is 2. The summed E-state index contributed by atoms with van der Waals surface area (Å²) in [5.74, 6) is 1.12. The van der Waals surface area contributed by atoms with Gasteiger partial charge in [-0.25, -0.2) is 0 Å². The van der Waals surface area contributed by atoms with Crippen LogP contribution in [0.1, 0.15) is 17.4 Å². The minimum Gasteiger partial charge on any atom is -0.478 e. The Morgan fingerprint density at radius 2 is 2.08 bits per heavy atom. The molecule has 1 amide bonds. The predicted octanol–water partition coefficient (Wildman–Crippen LogP) is 2.52. The van der Waals surface area contributed by atoms with Crippen LogP contribution in [0.5, 0.6) is 5.88 Å². The molecule has 3 aromatic rings. The number of benzene rings is 1. The van der Waals surface area contributed by atoms with Crippen LogP contribution in [-0.4, -0.2) is 28.0 Å². The molecular weight excluding hydrogens is 322 g/mol. The largest absolute Gasteiger partial charge is 0.478 e. The number of anilines is 2. The Kier molecular flexibility index (Phi) is 4.69. The highest BCUT2D eigenvalue weighted by atomic mass is 16.5. The quantitative estimate of drug-likeness (QED) is 0.715. The lowest BCUT2D eigenvalue weighted by molar-refractivity contribution is -0.117. The van der Waals surface area contributed by atoms with Crippen LogP contribution >= 0.6 is 0 Å². The van der Waals surface area contributed by atoms with Crippen LogP contribution in [0.2, 0.25) is 0 Å². The van der Waals surface area contributed by atoms with Crippen LogP contribution in [0.15, 0.2) is 47.1 Å². The minimum atomic E-state index is -0.656. The fraction of sp³-hybridized carbons (Fsp3) is 0.235. The van der Waals surface area contributed by atoms with Crippen molar-refractivity contribution in [2.45, 2.75) is 13.0 Å². The summed E-state index contributed by atoms with van der Waals surface area (Å²) < 4.78 is 11.9. The van der Waals surface area contributed by atoms with Gasteiger partial charge in [-0.3, -0.25) is 9.48 Å². The topological polar surface area (TPSA) is 94.2 Å². The molecule has 0 aliphatic rings. The highest BCUT2D eigenvalue weighted by molar-refractivity contribution is 5.96. The molecule has 0 saturated carbocycles. The molecule has 8 heteroatoms. The van der Waals surface area contributed by atoms with Crippen LogP contribution in [0.25, 0.3) is 0 Å². The number of methoxy groups -OCH3 is 1. The zero-order valence-electron chi connectivity index (χ0n) is 14.2. The van der Waals surface area contributed by atoms with Gasteiger partial charge in [0.05, 0.1) is 13.3 Å². The van der Waals surface area contributed by atoms with Gasteiger partial charge in [0.25, 0.3) is 11.8 Å². The molecule has 2 N–H and O–H groups in total. The SMILES string of the molecule is COc1nn(C)cc1NC(C(=O)Nc1cc(C)on1)c1ccccc1. The van der Waals surface area contributed by atoms with Crippen molar-refractivity contribution < 1.29 is 14.1 Å². The van der Waals surface area contributed by atoms with Gasteiger partial charge in [0.15, 0.2) is 5.82 Å². The summed E-state index contributed by atoms with van der Waals surface area (Å²) in [6.07, 6.45) is 1.75. The fourth-order valence-corrected chi connectivity index (χ4v) is 2.44. The fourth-order valence-electron chi connectivity index (χ4n) is 2.44. The third-order valence-electron chi connectivity index (χ3n) is 3.56. The molecule has 1 unspecified atom stereocenters. The second-order valence-corrected chi connectivity index (χ2v) is 5.53. The van der Waals surface area contributed by atoms with Crippen molar-refractivity contribution >= 4 is 17.4 Å². The number of nitrogens with zero attached hydrogens (tertiary/aromatic N) is 3. The van der Waals surface area contributed by atoms with Gasteiger partial charge in [-0.1, -0.05) is 35.5 Å². The van der Waals surface area contributed by atoms with Gasteiger partial charge >= 0.3 is 0 Å². The Bertz CT molecular complexity index is 856. The maximum Gasteiger partial charge on any atom is 0.256 e. The standard InChI is InChI=1S/C17H19N5O3/c1-11-9-14(21-25-11)19-16(23)15(12-7-5-4-6-8-12)18-13-10-22(2)20-17(13)24-3/h4-10,15,18H,1-3H3,(H,19,21,23). The zero-order chi connectivity index (χ0) is 17.8. The zero-order valence-corrected chi connectivity index (χ0v) is 14.2. The first-order chi connectivity index (χ1) is 12.1. The lowest BCUT2D eigenvalue weighted by Gasteiger charge is -2.18. The van der Waals surface area contributed by atoms with Gasteiger partial charge in [0, 0.05) is 13.1 Å². The van der Waals surface area contributed by atoms with E-state index >= 15 is 0 Å². The van der Waals surface area contributed by atoms with E-state index in [1.54, 1.807) is 30.9 Å². The van der Waals surface area contributed by atoms with Crippen molar-refractivity contribution in [1.82, 2.24) is 14.9 Å². The van der Waals surface area contributed by atoms with E-state index in [9.17, 15) is 4.79 Å². The first kappa shape index (κ1) is 16.6. The van der Waals surface area contributed by atoms with Crippen molar-refractivity contribution in [2.24, 2.45) is 7.05 Å². The Morgan fingerprint density at radius 1 is 1.32 bits per heavy atom. The van der Waals surface area contributed by atoms with Crippen molar-refractivity contribution in [1.29, 1.82) is 0 Å².